The highest BCUT2D eigenvalue weighted by atomic mass is 16.5. The summed E-state index contributed by atoms with van der Waals surface area (Å²) in [5.41, 5.74) is 0. The van der Waals surface area contributed by atoms with Crippen LogP contribution in [0, 0.1) is 0 Å². The minimum Gasteiger partial charge on any atom is -0.374 e. The number of nitrogens with one attached hydrogen (secondary N) is 1. The molecule has 0 spiro atoms. The van der Waals surface area contributed by atoms with Gasteiger partial charge in [0.1, 0.15) is 0 Å². The molecule has 1 aliphatic carbocycles. The second-order valence-electron chi connectivity index (χ2n) is 5.14. The normalized spacial score (nSPS) is 27.6. The van der Waals surface area contributed by atoms with Gasteiger partial charge in [-0.15, -0.1) is 0 Å². The van der Waals surface area contributed by atoms with E-state index in [2.05, 4.69) is 24.1 Å². The number of ether oxygens (including phenoxy) is 1. The monoisotopic (exact) mass is 226 g/mol. The van der Waals surface area contributed by atoms with E-state index >= 15 is 0 Å². The Morgan fingerprint density at radius 1 is 1.31 bits per heavy atom. The molecular weight excluding hydrogens is 200 g/mol. The standard InChI is InChI=1S/C13H26N2O/c1-3-11(4-2)14-9-13-10-15(7-8-16-13)12-5-6-12/h11-14H,3-10H2,1-2H3. The summed E-state index contributed by atoms with van der Waals surface area (Å²) in [4.78, 5) is 2.61. The van der Waals surface area contributed by atoms with Crippen molar-refractivity contribution >= 4 is 0 Å². The van der Waals surface area contributed by atoms with Crippen LogP contribution in [0.15, 0.2) is 0 Å². The average molecular weight is 226 g/mol. The van der Waals surface area contributed by atoms with Gasteiger partial charge in [0.15, 0.2) is 0 Å². The number of nitrogens with zero attached hydrogens (tertiary/aromatic N) is 1. The van der Waals surface area contributed by atoms with Crippen LogP contribution in [0.3, 0.4) is 0 Å². The summed E-state index contributed by atoms with van der Waals surface area (Å²) in [6, 6.07) is 1.56. The Balaban J connectivity index is 1.68. The summed E-state index contributed by atoms with van der Waals surface area (Å²) in [6.07, 6.45) is 5.67. The number of morpholine rings is 1. The molecule has 2 rings (SSSR count). The Bertz CT molecular complexity index is 202. The fourth-order valence-electron chi connectivity index (χ4n) is 2.51. The summed E-state index contributed by atoms with van der Waals surface area (Å²) in [7, 11) is 0. The summed E-state index contributed by atoms with van der Waals surface area (Å²) >= 11 is 0. The van der Waals surface area contributed by atoms with Gasteiger partial charge >= 0.3 is 0 Å². The Morgan fingerprint density at radius 2 is 2.06 bits per heavy atom. The minimum atomic E-state index is 0.412. The molecule has 1 saturated heterocycles. The highest BCUT2D eigenvalue weighted by molar-refractivity contribution is 4.88. The van der Waals surface area contributed by atoms with Crippen LogP contribution >= 0.6 is 0 Å². The van der Waals surface area contributed by atoms with Crippen molar-refractivity contribution < 1.29 is 4.74 Å². The van der Waals surface area contributed by atoms with Crippen LogP contribution in [0.5, 0.6) is 0 Å². The molecule has 3 nitrogen and oxygen atoms in total. The van der Waals surface area contributed by atoms with E-state index in [0.29, 0.717) is 12.1 Å². The van der Waals surface area contributed by atoms with E-state index in [1.54, 1.807) is 0 Å². The lowest BCUT2D eigenvalue weighted by Crippen LogP contribution is -2.48. The zero-order chi connectivity index (χ0) is 11.4. The third kappa shape index (κ3) is 3.44. The Hall–Kier alpha value is -0.120. The highest BCUT2D eigenvalue weighted by Gasteiger charge is 2.32. The molecule has 2 fully saturated rings. The Morgan fingerprint density at radius 3 is 2.69 bits per heavy atom. The quantitative estimate of drug-likeness (QED) is 0.745. The van der Waals surface area contributed by atoms with Crippen LogP contribution in [-0.4, -0.2) is 49.3 Å². The third-order valence-corrected chi connectivity index (χ3v) is 3.85. The molecule has 1 unspecified atom stereocenters. The van der Waals surface area contributed by atoms with Gasteiger partial charge in [-0.25, -0.2) is 0 Å². The lowest BCUT2D eigenvalue weighted by atomic mass is 10.1. The summed E-state index contributed by atoms with van der Waals surface area (Å²) in [6.45, 7) is 8.73. The van der Waals surface area contributed by atoms with Gasteiger partial charge < -0.3 is 10.1 Å². The molecule has 0 amide bonds. The van der Waals surface area contributed by atoms with Crippen LogP contribution in [0.2, 0.25) is 0 Å². The van der Waals surface area contributed by atoms with E-state index in [4.69, 9.17) is 4.74 Å². The predicted octanol–water partition coefficient (Wildman–Crippen LogP) is 1.63. The first kappa shape index (κ1) is 12.3. The van der Waals surface area contributed by atoms with Gasteiger partial charge in [0.25, 0.3) is 0 Å². The first-order chi connectivity index (χ1) is 7.83. The third-order valence-electron chi connectivity index (χ3n) is 3.85. The molecule has 94 valence electrons. The molecule has 0 aromatic heterocycles. The molecule has 2 aliphatic rings. The van der Waals surface area contributed by atoms with Crippen molar-refractivity contribution in [2.45, 2.75) is 57.7 Å². The molecule has 0 radical (unpaired) electrons. The molecule has 3 heteroatoms. The summed E-state index contributed by atoms with van der Waals surface area (Å²) in [5, 5.41) is 3.62. The van der Waals surface area contributed by atoms with Crippen molar-refractivity contribution in [1.29, 1.82) is 0 Å². The molecule has 1 saturated carbocycles. The van der Waals surface area contributed by atoms with Gasteiger partial charge in [0.05, 0.1) is 12.7 Å². The topological polar surface area (TPSA) is 24.5 Å². The first-order valence-corrected chi connectivity index (χ1v) is 6.92. The van der Waals surface area contributed by atoms with Gasteiger partial charge in [-0.05, 0) is 25.7 Å². The highest BCUT2D eigenvalue weighted by Crippen LogP contribution is 2.28. The molecule has 0 bridgehead atoms. The predicted molar refractivity (Wildman–Crippen MR) is 66.7 cm³/mol. The number of hydrogen-bond acceptors (Lipinski definition) is 3. The van der Waals surface area contributed by atoms with E-state index in [9.17, 15) is 0 Å². The van der Waals surface area contributed by atoms with Crippen molar-refractivity contribution in [2.75, 3.05) is 26.2 Å². The maximum atomic E-state index is 5.82. The molecular formula is C13H26N2O. The fourth-order valence-corrected chi connectivity index (χ4v) is 2.51. The molecule has 1 heterocycles. The first-order valence-electron chi connectivity index (χ1n) is 6.92. The molecule has 0 aromatic carbocycles. The van der Waals surface area contributed by atoms with E-state index in [-0.39, 0.29) is 0 Å². The molecule has 0 aromatic rings. The van der Waals surface area contributed by atoms with Gasteiger partial charge in [-0.1, -0.05) is 13.8 Å². The molecule has 16 heavy (non-hydrogen) atoms. The van der Waals surface area contributed by atoms with Gasteiger partial charge in [0, 0.05) is 31.7 Å². The van der Waals surface area contributed by atoms with Crippen molar-refractivity contribution in [3.8, 4) is 0 Å². The van der Waals surface area contributed by atoms with E-state index < -0.39 is 0 Å². The van der Waals surface area contributed by atoms with Crippen molar-refractivity contribution in [1.82, 2.24) is 10.2 Å². The maximum absolute atomic E-state index is 5.82. The summed E-state index contributed by atoms with van der Waals surface area (Å²) in [5.74, 6) is 0. The smallest absolute Gasteiger partial charge is 0.0826 e. The van der Waals surface area contributed by atoms with Crippen molar-refractivity contribution in [3.63, 3.8) is 0 Å². The van der Waals surface area contributed by atoms with E-state index in [0.717, 1.165) is 32.3 Å². The average Bonchev–Trinajstić information content (AvgIpc) is 3.15. The van der Waals surface area contributed by atoms with Crippen molar-refractivity contribution in [3.05, 3.63) is 0 Å². The van der Waals surface area contributed by atoms with Crippen molar-refractivity contribution in [2.24, 2.45) is 0 Å². The molecule has 1 atom stereocenters. The van der Waals surface area contributed by atoms with Gasteiger partial charge in [-0.3, -0.25) is 4.90 Å². The molecule has 1 aliphatic heterocycles. The van der Waals surface area contributed by atoms with Crippen LogP contribution < -0.4 is 5.32 Å². The Kier molecular flexibility index (Phi) is 4.62. The number of rotatable bonds is 6. The Labute approximate surface area is 99.5 Å². The fraction of sp³-hybridized carbons (Fsp3) is 1.00. The zero-order valence-electron chi connectivity index (χ0n) is 10.7. The van der Waals surface area contributed by atoms with Crippen LogP contribution in [-0.2, 0) is 4.74 Å². The molecule has 1 N–H and O–H groups in total. The van der Waals surface area contributed by atoms with E-state index in [1.165, 1.54) is 25.7 Å². The minimum absolute atomic E-state index is 0.412. The second-order valence-corrected chi connectivity index (χ2v) is 5.14. The van der Waals surface area contributed by atoms with Gasteiger partial charge in [0.2, 0.25) is 0 Å². The largest absolute Gasteiger partial charge is 0.374 e. The zero-order valence-corrected chi connectivity index (χ0v) is 10.7. The van der Waals surface area contributed by atoms with Crippen LogP contribution in [0.1, 0.15) is 39.5 Å². The van der Waals surface area contributed by atoms with Crippen LogP contribution in [0.25, 0.3) is 0 Å². The summed E-state index contributed by atoms with van der Waals surface area (Å²) < 4.78 is 5.82. The SMILES string of the molecule is CCC(CC)NCC1CN(C2CC2)CCO1. The second kappa shape index (κ2) is 5.99. The van der Waals surface area contributed by atoms with Gasteiger partial charge in [-0.2, -0.15) is 0 Å². The number of hydrogen-bond donors (Lipinski definition) is 1. The lowest BCUT2D eigenvalue weighted by molar-refractivity contribution is -0.0311. The van der Waals surface area contributed by atoms with E-state index in [1.807, 2.05) is 0 Å². The van der Waals surface area contributed by atoms with Crippen LogP contribution in [0.4, 0.5) is 0 Å². The maximum Gasteiger partial charge on any atom is 0.0826 e. The lowest BCUT2D eigenvalue weighted by Gasteiger charge is -2.33.